The van der Waals surface area contributed by atoms with Crippen molar-refractivity contribution in [2.75, 3.05) is 18.5 Å². The summed E-state index contributed by atoms with van der Waals surface area (Å²) in [6.07, 6.45) is 6.37. The van der Waals surface area contributed by atoms with E-state index >= 15 is 0 Å². The van der Waals surface area contributed by atoms with Crippen molar-refractivity contribution < 1.29 is 14.6 Å². The minimum absolute atomic E-state index is 0.257. The standard InChI is InChI=1S/C19H22N2O3/c1-2-24-15-6-7-16-13(10-15)4-3-5-14(16)11-21-18-12-20-9-8-17(18)19(22)23/h6-10,12,14,21H,2-5,11H2,1H3,(H,22,23). The van der Waals surface area contributed by atoms with Crippen molar-refractivity contribution in [3.05, 3.63) is 53.3 Å². The lowest BCUT2D eigenvalue weighted by Crippen LogP contribution is -2.19. The van der Waals surface area contributed by atoms with E-state index in [1.807, 2.05) is 13.0 Å². The molecule has 24 heavy (non-hydrogen) atoms. The number of aromatic nitrogens is 1. The van der Waals surface area contributed by atoms with Crippen LogP contribution in [0.15, 0.2) is 36.7 Å². The third-order valence-corrected chi connectivity index (χ3v) is 4.45. The number of nitrogens with zero attached hydrogens (tertiary/aromatic N) is 1. The Hall–Kier alpha value is -2.56. The van der Waals surface area contributed by atoms with Crippen molar-refractivity contribution >= 4 is 11.7 Å². The molecule has 1 aliphatic carbocycles. The van der Waals surface area contributed by atoms with Gasteiger partial charge in [-0.1, -0.05) is 6.07 Å². The molecule has 1 unspecified atom stereocenters. The fourth-order valence-electron chi connectivity index (χ4n) is 3.31. The number of carboxylic acid groups (broad SMARTS) is 1. The van der Waals surface area contributed by atoms with Gasteiger partial charge in [0.1, 0.15) is 5.75 Å². The molecule has 3 rings (SSSR count). The Kier molecular flexibility index (Phi) is 4.99. The van der Waals surface area contributed by atoms with Crippen LogP contribution in [-0.2, 0) is 6.42 Å². The van der Waals surface area contributed by atoms with Crippen molar-refractivity contribution in [1.82, 2.24) is 4.98 Å². The third-order valence-electron chi connectivity index (χ3n) is 4.45. The molecule has 1 aliphatic rings. The highest BCUT2D eigenvalue weighted by Gasteiger charge is 2.21. The van der Waals surface area contributed by atoms with E-state index in [4.69, 9.17) is 4.74 Å². The third kappa shape index (κ3) is 3.50. The van der Waals surface area contributed by atoms with E-state index in [-0.39, 0.29) is 5.56 Å². The van der Waals surface area contributed by atoms with Gasteiger partial charge >= 0.3 is 5.97 Å². The highest BCUT2D eigenvalue weighted by molar-refractivity contribution is 5.93. The number of pyridine rings is 1. The zero-order valence-corrected chi connectivity index (χ0v) is 13.8. The van der Waals surface area contributed by atoms with Crippen molar-refractivity contribution in [3.63, 3.8) is 0 Å². The van der Waals surface area contributed by atoms with Gasteiger partial charge < -0.3 is 15.2 Å². The molecule has 1 aromatic carbocycles. The van der Waals surface area contributed by atoms with Crippen LogP contribution in [0.4, 0.5) is 5.69 Å². The minimum Gasteiger partial charge on any atom is -0.494 e. The number of benzene rings is 1. The normalized spacial score (nSPS) is 16.3. The maximum Gasteiger partial charge on any atom is 0.337 e. The maximum absolute atomic E-state index is 11.3. The summed E-state index contributed by atoms with van der Waals surface area (Å²) in [5.74, 6) is 0.349. The lowest BCUT2D eigenvalue weighted by atomic mass is 9.82. The number of hydrogen-bond acceptors (Lipinski definition) is 4. The second-order valence-electron chi connectivity index (χ2n) is 5.99. The fraction of sp³-hybridized carbons (Fsp3) is 0.368. The Bertz CT molecular complexity index is 730. The predicted molar refractivity (Wildman–Crippen MR) is 93.0 cm³/mol. The van der Waals surface area contributed by atoms with Gasteiger partial charge in [0.25, 0.3) is 0 Å². The van der Waals surface area contributed by atoms with Gasteiger partial charge in [-0.15, -0.1) is 0 Å². The molecule has 126 valence electrons. The number of nitrogens with one attached hydrogen (secondary N) is 1. The number of carboxylic acids is 1. The Morgan fingerprint density at radius 1 is 1.42 bits per heavy atom. The Balaban J connectivity index is 1.75. The molecule has 5 heteroatoms. The summed E-state index contributed by atoms with van der Waals surface area (Å²) in [5.41, 5.74) is 3.50. The number of rotatable bonds is 6. The topological polar surface area (TPSA) is 71.5 Å². The van der Waals surface area contributed by atoms with Crippen LogP contribution in [0.2, 0.25) is 0 Å². The maximum atomic E-state index is 11.3. The van der Waals surface area contributed by atoms with Crippen LogP contribution in [0.25, 0.3) is 0 Å². The van der Waals surface area contributed by atoms with E-state index in [1.165, 1.54) is 23.4 Å². The van der Waals surface area contributed by atoms with Gasteiger partial charge in [0.15, 0.2) is 0 Å². The smallest absolute Gasteiger partial charge is 0.337 e. The van der Waals surface area contributed by atoms with Gasteiger partial charge in [-0.25, -0.2) is 4.79 Å². The first-order valence-electron chi connectivity index (χ1n) is 8.36. The van der Waals surface area contributed by atoms with Gasteiger partial charge in [-0.3, -0.25) is 4.98 Å². The molecule has 1 heterocycles. The van der Waals surface area contributed by atoms with Gasteiger partial charge in [-0.2, -0.15) is 0 Å². The highest BCUT2D eigenvalue weighted by Crippen LogP contribution is 2.34. The number of aryl methyl sites for hydroxylation is 1. The van der Waals surface area contributed by atoms with E-state index in [1.54, 1.807) is 6.20 Å². The lowest BCUT2D eigenvalue weighted by molar-refractivity contribution is 0.0698. The monoisotopic (exact) mass is 326 g/mol. The molecule has 0 amide bonds. The number of hydrogen-bond donors (Lipinski definition) is 2. The molecule has 0 aliphatic heterocycles. The largest absolute Gasteiger partial charge is 0.494 e. The van der Waals surface area contributed by atoms with Gasteiger partial charge in [-0.05, 0) is 55.5 Å². The summed E-state index contributed by atoms with van der Waals surface area (Å²) in [7, 11) is 0. The summed E-state index contributed by atoms with van der Waals surface area (Å²) in [4.78, 5) is 15.3. The zero-order valence-electron chi connectivity index (χ0n) is 13.8. The Labute approximate surface area is 141 Å². The van der Waals surface area contributed by atoms with E-state index in [0.29, 0.717) is 24.8 Å². The summed E-state index contributed by atoms with van der Waals surface area (Å²) < 4.78 is 5.59. The minimum atomic E-state index is -0.940. The van der Waals surface area contributed by atoms with Gasteiger partial charge in [0.2, 0.25) is 0 Å². The number of fused-ring (bicyclic) bond motifs is 1. The van der Waals surface area contributed by atoms with Crippen LogP contribution < -0.4 is 10.1 Å². The van der Waals surface area contributed by atoms with Crippen molar-refractivity contribution in [1.29, 1.82) is 0 Å². The van der Waals surface area contributed by atoms with Crippen molar-refractivity contribution in [3.8, 4) is 5.75 Å². The lowest BCUT2D eigenvalue weighted by Gasteiger charge is -2.26. The molecule has 1 aromatic heterocycles. The highest BCUT2D eigenvalue weighted by atomic mass is 16.5. The molecule has 5 nitrogen and oxygen atoms in total. The molecule has 1 atom stereocenters. The average Bonchev–Trinajstić information content (AvgIpc) is 2.60. The quantitative estimate of drug-likeness (QED) is 0.847. The second-order valence-corrected chi connectivity index (χ2v) is 5.99. The first-order chi connectivity index (χ1) is 11.7. The van der Waals surface area contributed by atoms with Gasteiger partial charge in [0.05, 0.1) is 24.1 Å². The van der Waals surface area contributed by atoms with E-state index in [9.17, 15) is 9.90 Å². The average molecular weight is 326 g/mol. The molecule has 0 bridgehead atoms. The molecular formula is C19H22N2O3. The number of ether oxygens (including phenoxy) is 1. The summed E-state index contributed by atoms with van der Waals surface area (Å²) in [6, 6.07) is 7.83. The van der Waals surface area contributed by atoms with E-state index in [0.717, 1.165) is 25.0 Å². The summed E-state index contributed by atoms with van der Waals surface area (Å²) >= 11 is 0. The predicted octanol–water partition coefficient (Wildman–Crippen LogP) is 3.71. The van der Waals surface area contributed by atoms with Crippen LogP contribution in [-0.4, -0.2) is 29.2 Å². The van der Waals surface area contributed by atoms with Crippen LogP contribution >= 0.6 is 0 Å². The summed E-state index contributed by atoms with van der Waals surface area (Å²) in [6.45, 7) is 3.36. The molecule has 2 N–H and O–H groups in total. The molecule has 0 saturated carbocycles. The molecule has 2 aromatic rings. The fourth-order valence-corrected chi connectivity index (χ4v) is 3.31. The summed E-state index contributed by atoms with van der Waals surface area (Å²) in [5, 5.41) is 12.5. The Morgan fingerprint density at radius 3 is 3.08 bits per heavy atom. The molecule has 0 radical (unpaired) electrons. The first-order valence-corrected chi connectivity index (χ1v) is 8.36. The van der Waals surface area contributed by atoms with E-state index in [2.05, 4.69) is 22.4 Å². The van der Waals surface area contributed by atoms with Crippen molar-refractivity contribution in [2.45, 2.75) is 32.1 Å². The van der Waals surface area contributed by atoms with Crippen LogP contribution in [0.1, 0.15) is 47.2 Å². The van der Waals surface area contributed by atoms with Crippen LogP contribution in [0, 0.1) is 0 Å². The number of carbonyl (C=O) groups is 1. The Morgan fingerprint density at radius 2 is 2.29 bits per heavy atom. The molecular weight excluding hydrogens is 304 g/mol. The van der Waals surface area contributed by atoms with E-state index < -0.39 is 5.97 Å². The number of aromatic carboxylic acids is 1. The second kappa shape index (κ2) is 7.34. The van der Waals surface area contributed by atoms with Crippen LogP contribution in [0.5, 0.6) is 5.75 Å². The van der Waals surface area contributed by atoms with Crippen molar-refractivity contribution in [2.24, 2.45) is 0 Å². The van der Waals surface area contributed by atoms with Crippen LogP contribution in [0.3, 0.4) is 0 Å². The van der Waals surface area contributed by atoms with Gasteiger partial charge in [0, 0.05) is 18.7 Å². The molecule has 0 spiro atoms. The first kappa shape index (κ1) is 16.3. The SMILES string of the molecule is CCOc1ccc2c(c1)CCCC2CNc1cnccc1C(=O)O. The zero-order chi connectivity index (χ0) is 16.9. The number of anilines is 1. The molecule has 0 fully saturated rings. The molecule has 0 saturated heterocycles.